The fraction of sp³-hybridized carbons (Fsp3) is 0.263. The molecule has 124 valence electrons. The second-order valence-corrected chi connectivity index (χ2v) is 5.89. The van der Waals surface area contributed by atoms with Gasteiger partial charge in [0.2, 0.25) is 5.91 Å². The summed E-state index contributed by atoms with van der Waals surface area (Å²) >= 11 is 0. The minimum Gasteiger partial charge on any atom is -0.333 e. The summed E-state index contributed by atoms with van der Waals surface area (Å²) in [5.41, 5.74) is 2.83. The lowest BCUT2D eigenvalue weighted by Gasteiger charge is -2.17. The number of benzene rings is 2. The molecule has 2 aromatic carbocycles. The molecule has 0 bridgehead atoms. The maximum Gasteiger partial charge on any atom is 0.319 e. The Morgan fingerprint density at radius 3 is 2.50 bits per heavy atom. The van der Waals surface area contributed by atoms with Gasteiger partial charge in [0.15, 0.2) is 0 Å². The molecule has 24 heavy (non-hydrogen) atoms. The van der Waals surface area contributed by atoms with E-state index < -0.39 is 0 Å². The molecule has 0 radical (unpaired) electrons. The molecule has 2 N–H and O–H groups in total. The Balaban J connectivity index is 1.56. The molecule has 1 aliphatic rings. The Kier molecular flexibility index (Phi) is 4.79. The van der Waals surface area contributed by atoms with Crippen LogP contribution in [0.1, 0.15) is 18.9 Å². The first-order valence-corrected chi connectivity index (χ1v) is 8.17. The Morgan fingerprint density at radius 1 is 1.12 bits per heavy atom. The summed E-state index contributed by atoms with van der Waals surface area (Å²) < 4.78 is 0. The average Bonchev–Trinajstić information content (AvgIpc) is 2.96. The number of aryl methyl sites for hydroxylation is 1. The molecule has 0 saturated carbocycles. The lowest BCUT2D eigenvalue weighted by Crippen LogP contribution is -2.39. The number of nitrogens with zero attached hydrogens (tertiary/aromatic N) is 1. The van der Waals surface area contributed by atoms with Crippen LogP contribution >= 0.6 is 0 Å². The van der Waals surface area contributed by atoms with Crippen molar-refractivity contribution in [2.24, 2.45) is 0 Å². The molecule has 1 atom stereocenters. The van der Waals surface area contributed by atoms with Crippen LogP contribution in [0.4, 0.5) is 16.2 Å². The highest BCUT2D eigenvalue weighted by Gasteiger charge is 2.31. The number of urea groups is 1. The highest BCUT2D eigenvalue weighted by atomic mass is 16.2. The Morgan fingerprint density at radius 2 is 1.83 bits per heavy atom. The molecule has 5 heteroatoms. The third-order valence-electron chi connectivity index (χ3n) is 4.15. The van der Waals surface area contributed by atoms with E-state index in [1.54, 1.807) is 4.90 Å². The molecule has 3 amide bonds. The lowest BCUT2D eigenvalue weighted by molar-refractivity contribution is -0.117. The van der Waals surface area contributed by atoms with E-state index in [2.05, 4.69) is 17.6 Å². The van der Waals surface area contributed by atoms with Crippen molar-refractivity contribution in [3.63, 3.8) is 0 Å². The zero-order valence-electron chi connectivity index (χ0n) is 13.7. The van der Waals surface area contributed by atoms with Gasteiger partial charge in [-0.3, -0.25) is 4.79 Å². The van der Waals surface area contributed by atoms with Gasteiger partial charge in [0, 0.05) is 24.3 Å². The number of rotatable bonds is 4. The van der Waals surface area contributed by atoms with Gasteiger partial charge >= 0.3 is 6.03 Å². The number of carbonyl (C=O) groups is 2. The Bertz CT molecular complexity index is 713. The van der Waals surface area contributed by atoms with E-state index in [0.29, 0.717) is 13.0 Å². The van der Waals surface area contributed by atoms with Crippen LogP contribution in [0.5, 0.6) is 0 Å². The first kappa shape index (κ1) is 16.1. The Labute approximate surface area is 141 Å². The zero-order valence-corrected chi connectivity index (χ0v) is 13.7. The maximum absolute atomic E-state index is 12.1. The number of carbonyl (C=O) groups excluding carboxylic acids is 2. The molecule has 5 nitrogen and oxygen atoms in total. The fourth-order valence-electron chi connectivity index (χ4n) is 2.84. The van der Waals surface area contributed by atoms with Crippen molar-refractivity contribution in [3.8, 4) is 0 Å². The molecular formula is C19H21N3O2. The minimum absolute atomic E-state index is 0.0267. The summed E-state index contributed by atoms with van der Waals surface area (Å²) in [6.07, 6.45) is 1.28. The number of nitrogens with one attached hydrogen (secondary N) is 2. The average molecular weight is 323 g/mol. The van der Waals surface area contributed by atoms with E-state index in [-0.39, 0.29) is 18.0 Å². The SMILES string of the molecule is CCc1ccc(NC(=O)NC2CC(=O)N(c3ccccc3)C2)cc1. The van der Waals surface area contributed by atoms with Crippen molar-refractivity contribution in [1.82, 2.24) is 5.32 Å². The molecule has 0 aliphatic carbocycles. The number of para-hydroxylation sites is 1. The molecule has 1 aliphatic heterocycles. The predicted octanol–water partition coefficient (Wildman–Crippen LogP) is 3.18. The van der Waals surface area contributed by atoms with Crippen molar-refractivity contribution < 1.29 is 9.59 Å². The summed E-state index contributed by atoms with van der Waals surface area (Å²) in [7, 11) is 0. The van der Waals surface area contributed by atoms with Crippen LogP contribution in [0.25, 0.3) is 0 Å². The third kappa shape index (κ3) is 3.74. The van der Waals surface area contributed by atoms with Crippen LogP contribution in [0.3, 0.4) is 0 Å². The highest BCUT2D eigenvalue weighted by molar-refractivity contribution is 5.97. The molecule has 1 unspecified atom stereocenters. The molecule has 1 fully saturated rings. The topological polar surface area (TPSA) is 61.4 Å². The summed E-state index contributed by atoms with van der Waals surface area (Å²) in [5.74, 6) is 0.0267. The van der Waals surface area contributed by atoms with E-state index >= 15 is 0 Å². The normalized spacial score (nSPS) is 17.0. The third-order valence-corrected chi connectivity index (χ3v) is 4.15. The molecule has 3 rings (SSSR count). The second kappa shape index (κ2) is 7.17. The highest BCUT2D eigenvalue weighted by Crippen LogP contribution is 2.21. The van der Waals surface area contributed by atoms with Gasteiger partial charge in [-0.25, -0.2) is 4.79 Å². The summed E-state index contributed by atoms with van der Waals surface area (Å²) in [6, 6.07) is 16.8. The zero-order chi connectivity index (χ0) is 16.9. The van der Waals surface area contributed by atoms with Crippen molar-refractivity contribution >= 4 is 23.3 Å². The van der Waals surface area contributed by atoms with Crippen molar-refractivity contribution in [3.05, 3.63) is 60.2 Å². The number of anilines is 2. The first-order valence-electron chi connectivity index (χ1n) is 8.17. The maximum atomic E-state index is 12.1. The fourth-order valence-corrected chi connectivity index (χ4v) is 2.84. The number of hydrogen-bond acceptors (Lipinski definition) is 2. The van der Waals surface area contributed by atoms with Crippen LogP contribution in [-0.4, -0.2) is 24.5 Å². The van der Waals surface area contributed by atoms with Gasteiger partial charge < -0.3 is 15.5 Å². The first-order chi connectivity index (χ1) is 11.7. The molecule has 0 aromatic heterocycles. The summed E-state index contributed by atoms with van der Waals surface area (Å²) in [6.45, 7) is 2.58. The van der Waals surface area contributed by atoms with Crippen molar-refractivity contribution in [2.45, 2.75) is 25.8 Å². The van der Waals surface area contributed by atoms with Crippen LogP contribution in [0.2, 0.25) is 0 Å². The summed E-state index contributed by atoms with van der Waals surface area (Å²) in [4.78, 5) is 26.0. The molecule has 1 heterocycles. The van der Waals surface area contributed by atoms with Gasteiger partial charge in [-0.15, -0.1) is 0 Å². The predicted molar refractivity (Wildman–Crippen MR) is 95.2 cm³/mol. The van der Waals surface area contributed by atoms with Crippen molar-refractivity contribution in [1.29, 1.82) is 0 Å². The van der Waals surface area contributed by atoms with E-state index in [4.69, 9.17) is 0 Å². The van der Waals surface area contributed by atoms with Gasteiger partial charge in [0.1, 0.15) is 0 Å². The monoisotopic (exact) mass is 323 g/mol. The smallest absolute Gasteiger partial charge is 0.319 e. The minimum atomic E-state index is -0.285. The van der Waals surface area contributed by atoms with E-state index in [0.717, 1.165) is 17.8 Å². The Hall–Kier alpha value is -2.82. The standard InChI is InChI=1S/C19H21N3O2/c1-2-14-8-10-15(11-9-14)20-19(24)21-16-12-18(23)22(13-16)17-6-4-3-5-7-17/h3-11,16H,2,12-13H2,1H3,(H2,20,21,24). The van der Waals surface area contributed by atoms with Gasteiger partial charge in [-0.2, -0.15) is 0 Å². The summed E-state index contributed by atoms with van der Waals surface area (Å²) in [5, 5.41) is 5.68. The van der Waals surface area contributed by atoms with Crippen LogP contribution < -0.4 is 15.5 Å². The van der Waals surface area contributed by atoms with Crippen molar-refractivity contribution in [2.75, 3.05) is 16.8 Å². The quantitative estimate of drug-likeness (QED) is 0.908. The van der Waals surface area contributed by atoms with E-state index in [9.17, 15) is 9.59 Å². The van der Waals surface area contributed by atoms with Gasteiger partial charge in [0.05, 0.1) is 6.04 Å². The largest absolute Gasteiger partial charge is 0.333 e. The molecular weight excluding hydrogens is 302 g/mol. The number of amides is 3. The number of hydrogen-bond donors (Lipinski definition) is 2. The molecule has 1 saturated heterocycles. The molecule has 0 spiro atoms. The van der Waals surface area contributed by atoms with Crippen LogP contribution in [0, 0.1) is 0 Å². The lowest BCUT2D eigenvalue weighted by atomic mass is 10.1. The molecule has 2 aromatic rings. The van der Waals surface area contributed by atoms with Crippen LogP contribution in [0.15, 0.2) is 54.6 Å². The second-order valence-electron chi connectivity index (χ2n) is 5.89. The van der Waals surface area contributed by atoms with E-state index in [1.807, 2.05) is 54.6 Å². The van der Waals surface area contributed by atoms with Gasteiger partial charge in [-0.05, 0) is 36.2 Å². The van der Waals surface area contributed by atoms with Crippen LogP contribution in [-0.2, 0) is 11.2 Å². The van der Waals surface area contributed by atoms with E-state index in [1.165, 1.54) is 5.56 Å². The van der Waals surface area contributed by atoms with Gasteiger partial charge in [-0.1, -0.05) is 37.3 Å². The van der Waals surface area contributed by atoms with Gasteiger partial charge in [0.25, 0.3) is 0 Å².